The first kappa shape index (κ1) is 17.3. The van der Waals surface area contributed by atoms with Gasteiger partial charge in [-0.25, -0.2) is 8.42 Å². The molecule has 1 rings (SSSR count). The molecule has 1 aromatic rings. The first-order chi connectivity index (χ1) is 8.84. The smallest absolute Gasteiger partial charge is 0.147 e. The molecule has 0 spiro atoms. The van der Waals surface area contributed by atoms with Crippen molar-refractivity contribution in [2.24, 2.45) is 0 Å². The summed E-state index contributed by atoms with van der Waals surface area (Å²) in [5, 5.41) is 0. The van der Waals surface area contributed by atoms with Crippen LogP contribution in [-0.4, -0.2) is 32.2 Å². The molecule has 0 saturated carbocycles. The third-order valence-corrected chi connectivity index (χ3v) is 5.87. The lowest BCUT2D eigenvalue weighted by molar-refractivity contribution is 0.481. The lowest BCUT2D eigenvalue weighted by Gasteiger charge is -2.31. The second-order valence-corrected chi connectivity index (χ2v) is 8.41. The molecule has 0 heterocycles. The molecule has 0 atom stereocenters. The molecule has 0 aliphatic carbocycles. The van der Waals surface area contributed by atoms with Crippen molar-refractivity contribution < 1.29 is 8.42 Å². The van der Waals surface area contributed by atoms with Crippen molar-refractivity contribution in [3.8, 4) is 0 Å². The van der Waals surface area contributed by atoms with Crippen molar-refractivity contribution in [1.29, 1.82) is 0 Å². The number of alkyl halides is 2. The van der Waals surface area contributed by atoms with E-state index in [0.29, 0.717) is 24.6 Å². The molecule has 108 valence electrons. The quantitative estimate of drug-likeness (QED) is 0.663. The largest absolute Gasteiger partial charge is 0.229 e. The van der Waals surface area contributed by atoms with E-state index in [1.165, 1.54) is 6.26 Å². The maximum atomic E-state index is 11.2. The van der Waals surface area contributed by atoms with Gasteiger partial charge in [-0.3, -0.25) is 0 Å². The minimum absolute atomic E-state index is 0.160. The van der Waals surface area contributed by atoms with Gasteiger partial charge in [0.25, 0.3) is 0 Å². The highest BCUT2D eigenvalue weighted by Gasteiger charge is 2.32. The molecule has 2 nitrogen and oxygen atoms in total. The van der Waals surface area contributed by atoms with Gasteiger partial charge < -0.3 is 0 Å². The fraction of sp³-hybridized carbons (Fsp3) is 0.538. The third kappa shape index (κ3) is 4.92. The highest BCUT2D eigenvalue weighted by atomic mass is 79.9. The van der Waals surface area contributed by atoms with Crippen LogP contribution in [0.15, 0.2) is 28.7 Å². The number of rotatable bonds is 7. The zero-order valence-electron chi connectivity index (χ0n) is 10.7. The van der Waals surface area contributed by atoms with E-state index in [-0.39, 0.29) is 5.75 Å². The van der Waals surface area contributed by atoms with Crippen LogP contribution in [0.2, 0.25) is 0 Å². The molecule has 0 bridgehead atoms. The van der Waals surface area contributed by atoms with Crippen LogP contribution in [0.25, 0.3) is 0 Å². The molecule has 0 N–H and O–H groups in total. The van der Waals surface area contributed by atoms with Gasteiger partial charge in [0.1, 0.15) is 9.84 Å². The Labute approximate surface area is 133 Å². The summed E-state index contributed by atoms with van der Waals surface area (Å²) >= 11 is 15.8. The topological polar surface area (TPSA) is 34.1 Å². The molecule has 0 aliphatic rings. The average Bonchev–Trinajstić information content (AvgIpc) is 2.35. The van der Waals surface area contributed by atoms with Gasteiger partial charge in [-0.2, -0.15) is 0 Å². The first-order valence-electron chi connectivity index (χ1n) is 5.89. The molecule has 0 unspecified atom stereocenters. The zero-order valence-corrected chi connectivity index (χ0v) is 14.6. The SMILES string of the molecule is CS(=O)(=O)CCCC(CCl)(CCl)c1ccccc1Br. The van der Waals surface area contributed by atoms with Gasteiger partial charge in [-0.1, -0.05) is 34.1 Å². The van der Waals surface area contributed by atoms with Crippen LogP contribution in [0.3, 0.4) is 0 Å². The first-order valence-corrected chi connectivity index (χ1v) is 9.81. The maximum Gasteiger partial charge on any atom is 0.147 e. The highest BCUT2D eigenvalue weighted by Crippen LogP contribution is 2.36. The van der Waals surface area contributed by atoms with Crippen molar-refractivity contribution in [3.63, 3.8) is 0 Å². The molecule has 0 aromatic heterocycles. The molecule has 19 heavy (non-hydrogen) atoms. The monoisotopic (exact) mass is 386 g/mol. The van der Waals surface area contributed by atoms with Gasteiger partial charge in [-0.15, -0.1) is 23.2 Å². The van der Waals surface area contributed by atoms with Crippen LogP contribution in [-0.2, 0) is 15.3 Å². The van der Waals surface area contributed by atoms with E-state index in [0.717, 1.165) is 10.0 Å². The molecule has 1 aromatic carbocycles. The van der Waals surface area contributed by atoms with E-state index in [9.17, 15) is 8.42 Å². The summed E-state index contributed by atoms with van der Waals surface area (Å²) in [6, 6.07) is 7.79. The van der Waals surface area contributed by atoms with E-state index in [2.05, 4.69) is 15.9 Å². The molecule has 0 amide bonds. The molecular formula is C13H17BrCl2O2S. The molecule has 0 saturated heterocycles. The van der Waals surface area contributed by atoms with Crippen LogP contribution >= 0.6 is 39.1 Å². The standard InChI is InChI=1S/C13H17BrCl2O2S/c1-19(17,18)8-4-7-13(9-15,10-16)11-5-2-3-6-12(11)14/h2-3,5-6H,4,7-10H2,1H3. The summed E-state index contributed by atoms with van der Waals surface area (Å²) in [5.74, 6) is 0.888. The second kappa shape index (κ2) is 7.30. The fourth-order valence-corrected chi connectivity index (χ4v) is 4.23. The van der Waals surface area contributed by atoms with Crippen molar-refractivity contribution in [3.05, 3.63) is 34.3 Å². The number of benzene rings is 1. The van der Waals surface area contributed by atoms with Crippen LogP contribution in [0, 0.1) is 0 Å². The fourth-order valence-electron chi connectivity index (χ4n) is 2.01. The Kier molecular flexibility index (Phi) is 6.64. The van der Waals surface area contributed by atoms with E-state index in [4.69, 9.17) is 23.2 Å². The van der Waals surface area contributed by atoms with Gasteiger partial charge in [0.15, 0.2) is 0 Å². The number of hydrogen-bond acceptors (Lipinski definition) is 2. The van der Waals surface area contributed by atoms with E-state index in [1.807, 2.05) is 24.3 Å². The molecule has 0 fully saturated rings. The average molecular weight is 388 g/mol. The van der Waals surface area contributed by atoms with Gasteiger partial charge in [-0.05, 0) is 24.5 Å². The Bertz CT molecular complexity index is 513. The number of halogens is 3. The minimum Gasteiger partial charge on any atom is -0.229 e. The van der Waals surface area contributed by atoms with Crippen LogP contribution in [0.4, 0.5) is 0 Å². The van der Waals surface area contributed by atoms with Crippen LogP contribution < -0.4 is 0 Å². The van der Waals surface area contributed by atoms with Crippen LogP contribution in [0.5, 0.6) is 0 Å². The summed E-state index contributed by atoms with van der Waals surface area (Å²) < 4.78 is 23.4. The Hall–Kier alpha value is 0.230. The van der Waals surface area contributed by atoms with Crippen molar-refractivity contribution in [2.75, 3.05) is 23.8 Å². The van der Waals surface area contributed by atoms with Crippen molar-refractivity contribution in [1.82, 2.24) is 0 Å². The third-order valence-electron chi connectivity index (χ3n) is 3.13. The summed E-state index contributed by atoms with van der Waals surface area (Å²) in [4.78, 5) is 0. The van der Waals surface area contributed by atoms with Gasteiger partial charge in [0.2, 0.25) is 0 Å². The van der Waals surface area contributed by atoms with E-state index < -0.39 is 15.3 Å². The predicted molar refractivity (Wildman–Crippen MR) is 86.2 cm³/mol. The number of sulfone groups is 1. The Balaban J connectivity index is 2.95. The second-order valence-electron chi connectivity index (χ2n) is 4.76. The molecule has 6 heteroatoms. The molecular weight excluding hydrogens is 371 g/mol. The highest BCUT2D eigenvalue weighted by molar-refractivity contribution is 9.10. The van der Waals surface area contributed by atoms with E-state index >= 15 is 0 Å². The number of hydrogen-bond donors (Lipinski definition) is 0. The lowest BCUT2D eigenvalue weighted by atomic mass is 9.80. The van der Waals surface area contributed by atoms with Crippen LogP contribution in [0.1, 0.15) is 18.4 Å². The summed E-state index contributed by atoms with van der Waals surface area (Å²) in [7, 11) is -2.95. The maximum absolute atomic E-state index is 11.2. The zero-order chi connectivity index (χ0) is 14.5. The summed E-state index contributed by atoms with van der Waals surface area (Å²) in [6.07, 6.45) is 2.45. The Morgan fingerprint density at radius 3 is 2.26 bits per heavy atom. The molecule has 0 radical (unpaired) electrons. The van der Waals surface area contributed by atoms with Gasteiger partial charge in [0, 0.05) is 33.7 Å². The Morgan fingerprint density at radius 2 is 1.79 bits per heavy atom. The summed E-state index contributed by atoms with van der Waals surface area (Å²) in [6.45, 7) is 0. The van der Waals surface area contributed by atoms with E-state index in [1.54, 1.807) is 0 Å². The minimum atomic E-state index is -2.95. The van der Waals surface area contributed by atoms with Crippen molar-refractivity contribution >= 4 is 49.0 Å². The lowest BCUT2D eigenvalue weighted by Crippen LogP contribution is -2.31. The molecule has 0 aliphatic heterocycles. The predicted octanol–water partition coefficient (Wildman–Crippen LogP) is 3.99. The normalized spacial score (nSPS) is 12.6. The summed E-state index contributed by atoms with van der Waals surface area (Å²) in [5.41, 5.74) is 0.641. The Morgan fingerprint density at radius 1 is 1.21 bits per heavy atom. The van der Waals surface area contributed by atoms with Gasteiger partial charge in [0.05, 0.1) is 0 Å². The van der Waals surface area contributed by atoms with Gasteiger partial charge >= 0.3 is 0 Å². The van der Waals surface area contributed by atoms with Crippen molar-refractivity contribution in [2.45, 2.75) is 18.3 Å².